The summed E-state index contributed by atoms with van der Waals surface area (Å²) in [5.41, 5.74) is -0.763. The van der Waals surface area contributed by atoms with Gasteiger partial charge in [-0.25, -0.2) is 4.79 Å². The second-order valence-corrected chi connectivity index (χ2v) is 8.34. The van der Waals surface area contributed by atoms with Gasteiger partial charge in [0, 0.05) is 18.9 Å². The van der Waals surface area contributed by atoms with Gasteiger partial charge in [-0.15, -0.1) is 0 Å². The van der Waals surface area contributed by atoms with Gasteiger partial charge in [-0.05, 0) is 43.1 Å². The highest BCUT2D eigenvalue weighted by molar-refractivity contribution is 5.86. The van der Waals surface area contributed by atoms with Crippen LogP contribution in [0, 0.1) is 22.7 Å². The molecule has 0 radical (unpaired) electrons. The first-order valence-electron chi connectivity index (χ1n) is 9.52. The molecule has 0 bridgehead atoms. The number of cyclic esters (lactones) is 1. The topological polar surface area (TPSA) is 78.9 Å². The molecule has 3 rings (SSSR count). The molecule has 27 heavy (non-hydrogen) atoms. The second kappa shape index (κ2) is 6.80. The van der Waals surface area contributed by atoms with E-state index in [4.69, 9.17) is 14.2 Å². The molecule has 148 valence electrons. The van der Waals surface area contributed by atoms with Crippen LogP contribution >= 0.6 is 0 Å². The number of carbonyl (C=O) groups excluding carboxylic acids is 3. The summed E-state index contributed by atoms with van der Waals surface area (Å²) in [6.07, 6.45) is 3.85. The van der Waals surface area contributed by atoms with Crippen molar-refractivity contribution in [2.45, 2.75) is 59.2 Å². The highest BCUT2D eigenvalue weighted by Crippen LogP contribution is 2.66. The fraction of sp³-hybridized carbons (Fsp3) is 0.667. The molecule has 6 heteroatoms. The maximum absolute atomic E-state index is 12.8. The molecule has 3 aliphatic rings. The Bertz CT molecular complexity index is 691. The number of ether oxygens (including phenoxy) is 3. The van der Waals surface area contributed by atoms with E-state index in [1.54, 1.807) is 13.0 Å². The Balaban J connectivity index is 2.08. The van der Waals surface area contributed by atoms with E-state index in [2.05, 4.69) is 20.4 Å². The highest BCUT2D eigenvalue weighted by Gasteiger charge is 2.71. The van der Waals surface area contributed by atoms with E-state index in [0.29, 0.717) is 18.4 Å². The van der Waals surface area contributed by atoms with Crippen LogP contribution in [0.1, 0.15) is 47.0 Å². The molecule has 6 atom stereocenters. The van der Waals surface area contributed by atoms with E-state index in [1.165, 1.54) is 13.0 Å². The third-order valence-electron chi connectivity index (χ3n) is 6.88. The number of rotatable bonds is 3. The molecular weight excluding hydrogens is 348 g/mol. The Morgan fingerprint density at radius 1 is 1.30 bits per heavy atom. The predicted molar refractivity (Wildman–Crippen MR) is 97.4 cm³/mol. The summed E-state index contributed by atoms with van der Waals surface area (Å²) in [4.78, 5) is 36.9. The standard InChI is InChI=1S/C21H28O6/c1-6-7-16(23)27-15-9-8-12(2)20(5)11-21(13(3)10-25-19(21)24)18(17(15)20)26-14(4)22/h6-7,12,15,17-18H,3,8-11H2,1-2,4-5H3/b7-6+/t12-,15-,17+,18+,20+,21+/m0/s1. The fourth-order valence-electron chi connectivity index (χ4n) is 5.40. The lowest BCUT2D eigenvalue weighted by atomic mass is 9.61. The van der Waals surface area contributed by atoms with Crippen molar-refractivity contribution < 1.29 is 28.6 Å². The first kappa shape index (κ1) is 19.6. The first-order chi connectivity index (χ1) is 12.7. The Morgan fingerprint density at radius 2 is 2.00 bits per heavy atom. The SMILES string of the molecule is C=C1COC(=O)[C@]12C[C@@]1(C)[C@H]([C@@H](OC(=O)/C=C/C)CC[C@@H]1C)[C@H]2OC(C)=O. The van der Waals surface area contributed by atoms with Crippen molar-refractivity contribution in [3.05, 3.63) is 24.3 Å². The third-order valence-corrected chi connectivity index (χ3v) is 6.88. The third kappa shape index (κ3) is 2.89. The Labute approximate surface area is 159 Å². The summed E-state index contributed by atoms with van der Waals surface area (Å²) in [6.45, 7) is 11.5. The molecule has 6 nitrogen and oxygen atoms in total. The minimum absolute atomic E-state index is 0.136. The minimum atomic E-state index is -1.06. The number of allylic oxidation sites excluding steroid dienone is 1. The summed E-state index contributed by atoms with van der Waals surface area (Å²) in [7, 11) is 0. The van der Waals surface area contributed by atoms with Crippen molar-refractivity contribution in [3.8, 4) is 0 Å². The van der Waals surface area contributed by atoms with Crippen LogP contribution < -0.4 is 0 Å². The molecule has 3 fully saturated rings. The Hall–Kier alpha value is -2.11. The zero-order valence-corrected chi connectivity index (χ0v) is 16.4. The van der Waals surface area contributed by atoms with Crippen molar-refractivity contribution >= 4 is 17.9 Å². The Morgan fingerprint density at radius 3 is 2.56 bits per heavy atom. The van der Waals surface area contributed by atoms with Gasteiger partial charge < -0.3 is 14.2 Å². The van der Waals surface area contributed by atoms with Gasteiger partial charge >= 0.3 is 17.9 Å². The summed E-state index contributed by atoms with van der Waals surface area (Å²) in [5, 5.41) is 0. The molecule has 1 aliphatic heterocycles. The van der Waals surface area contributed by atoms with Crippen molar-refractivity contribution in [1.29, 1.82) is 0 Å². The lowest BCUT2D eigenvalue weighted by Gasteiger charge is -2.46. The van der Waals surface area contributed by atoms with Gasteiger partial charge in [-0.2, -0.15) is 0 Å². The van der Waals surface area contributed by atoms with Gasteiger partial charge in [0.25, 0.3) is 0 Å². The fourth-order valence-corrected chi connectivity index (χ4v) is 5.40. The molecule has 2 aliphatic carbocycles. The van der Waals surface area contributed by atoms with Crippen molar-refractivity contribution in [1.82, 2.24) is 0 Å². The molecule has 0 amide bonds. The largest absolute Gasteiger partial charge is 0.461 e. The van der Waals surface area contributed by atoms with Gasteiger partial charge in [0.1, 0.15) is 24.2 Å². The van der Waals surface area contributed by atoms with E-state index >= 15 is 0 Å². The van der Waals surface area contributed by atoms with E-state index < -0.39 is 29.6 Å². The van der Waals surface area contributed by atoms with Gasteiger partial charge in [0.05, 0.1) is 0 Å². The minimum Gasteiger partial charge on any atom is -0.461 e. The predicted octanol–water partition coefficient (Wildman–Crippen LogP) is 2.96. The number of hydrogen-bond acceptors (Lipinski definition) is 6. The van der Waals surface area contributed by atoms with E-state index in [1.807, 2.05) is 0 Å². The molecule has 0 unspecified atom stereocenters. The molecule has 1 spiro atoms. The number of fused-ring (bicyclic) bond motifs is 1. The first-order valence-corrected chi connectivity index (χ1v) is 9.52. The van der Waals surface area contributed by atoms with Crippen LogP contribution in [-0.4, -0.2) is 36.7 Å². The van der Waals surface area contributed by atoms with Gasteiger partial charge in [-0.1, -0.05) is 26.5 Å². The van der Waals surface area contributed by atoms with Crippen molar-refractivity contribution in [2.24, 2.45) is 22.7 Å². The maximum atomic E-state index is 12.8. The summed E-state index contributed by atoms with van der Waals surface area (Å²) < 4.78 is 16.8. The molecule has 0 N–H and O–H groups in total. The molecular formula is C21H28O6. The molecule has 2 saturated carbocycles. The van der Waals surface area contributed by atoms with Gasteiger partial charge in [-0.3, -0.25) is 9.59 Å². The summed E-state index contributed by atoms with van der Waals surface area (Å²) >= 11 is 0. The zero-order valence-electron chi connectivity index (χ0n) is 16.4. The van der Waals surface area contributed by atoms with Gasteiger partial charge in [0.2, 0.25) is 0 Å². The average molecular weight is 376 g/mol. The van der Waals surface area contributed by atoms with Crippen LogP contribution in [0.2, 0.25) is 0 Å². The summed E-state index contributed by atoms with van der Waals surface area (Å²) in [6, 6.07) is 0. The van der Waals surface area contributed by atoms with Crippen LogP contribution in [0.25, 0.3) is 0 Å². The van der Waals surface area contributed by atoms with Crippen molar-refractivity contribution in [2.75, 3.05) is 6.61 Å². The zero-order chi connectivity index (χ0) is 20.0. The van der Waals surface area contributed by atoms with Crippen LogP contribution in [0.4, 0.5) is 0 Å². The lowest BCUT2D eigenvalue weighted by Crippen LogP contribution is -2.50. The molecule has 0 aromatic heterocycles. The maximum Gasteiger partial charge on any atom is 0.330 e. The number of esters is 3. The second-order valence-electron chi connectivity index (χ2n) is 8.34. The monoisotopic (exact) mass is 376 g/mol. The normalized spacial score (nSPS) is 40.9. The van der Waals surface area contributed by atoms with Crippen LogP contribution in [-0.2, 0) is 28.6 Å². The quantitative estimate of drug-likeness (QED) is 0.326. The lowest BCUT2D eigenvalue weighted by molar-refractivity contribution is -0.172. The van der Waals surface area contributed by atoms with Crippen LogP contribution in [0.5, 0.6) is 0 Å². The smallest absolute Gasteiger partial charge is 0.330 e. The number of carbonyl (C=O) groups is 3. The molecule has 0 aromatic rings. The molecule has 0 aromatic carbocycles. The van der Waals surface area contributed by atoms with Gasteiger partial charge in [0.15, 0.2) is 0 Å². The van der Waals surface area contributed by atoms with E-state index in [-0.39, 0.29) is 29.8 Å². The Kier molecular flexibility index (Phi) is 4.95. The van der Waals surface area contributed by atoms with Crippen LogP contribution in [0.15, 0.2) is 24.3 Å². The number of hydrogen-bond donors (Lipinski definition) is 0. The molecule has 1 heterocycles. The highest BCUT2D eigenvalue weighted by atomic mass is 16.6. The van der Waals surface area contributed by atoms with E-state index in [9.17, 15) is 14.4 Å². The average Bonchev–Trinajstić information content (AvgIpc) is 3.01. The van der Waals surface area contributed by atoms with E-state index in [0.717, 1.165) is 6.42 Å². The van der Waals surface area contributed by atoms with Crippen molar-refractivity contribution in [3.63, 3.8) is 0 Å². The molecule has 1 saturated heterocycles. The van der Waals surface area contributed by atoms with Crippen LogP contribution in [0.3, 0.4) is 0 Å². The summed E-state index contributed by atoms with van der Waals surface area (Å²) in [5.74, 6) is -1.29.